The third-order valence-corrected chi connectivity index (χ3v) is 6.10. The predicted octanol–water partition coefficient (Wildman–Crippen LogP) is 4.62. The van der Waals surface area contributed by atoms with Crippen LogP contribution in [0.1, 0.15) is 20.8 Å². The van der Waals surface area contributed by atoms with Crippen LogP contribution >= 0.6 is 35.0 Å². The van der Waals surface area contributed by atoms with Crippen molar-refractivity contribution in [2.75, 3.05) is 6.61 Å². The largest absolute Gasteiger partial charge is 0.463 e. The van der Waals surface area contributed by atoms with E-state index in [1.807, 2.05) is 6.92 Å². The van der Waals surface area contributed by atoms with Crippen molar-refractivity contribution in [3.05, 3.63) is 38.7 Å². The van der Waals surface area contributed by atoms with Crippen LogP contribution in [0.5, 0.6) is 0 Å². The standard InChI is InChI=1S/C17H19Cl2N3O5S/c1-8-15(21-22-20)16(26-10(3)24)14(7-25-9(2)23)27-17(8)28-11-4-5-12(18)13(19)6-11/h4-6,8,14-17H,7H2,1-3H3/t8?,14?,15-,16+,17-/m1/s1. The number of esters is 2. The van der Waals surface area contributed by atoms with Gasteiger partial charge in [0.1, 0.15) is 24.3 Å². The molecule has 0 N–H and O–H groups in total. The molecule has 1 saturated heterocycles. The van der Waals surface area contributed by atoms with E-state index in [0.717, 1.165) is 4.90 Å². The maximum Gasteiger partial charge on any atom is 0.303 e. The Morgan fingerprint density at radius 2 is 2.00 bits per heavy atom. The molecule has 0 saturated carbocycles. The van der Waals surface area contributed by atoms with E-state index in [9.17, 15) is 9.59 Å². The smallest absolute Gasteiger partial charge is 0.303 e. The molecule has 1 fully saturated rings. The lowest BCUT2D eigenvalue weighted by Crippen LogP contribution is -2.55. The van der Waals surface area contributed by atoms with E-state index in [-0.39, 0.29) is 12.5 Å². The van der Waals surface area contributed by atoms with Gasteiger partial charge in [0.15, 0.2) is 0 Å². The summed E-state index contributed by atoms with van der Waals surface area (Å²) in [6, 6.07) is 4.45. The van der Waals surface area contributed by atoms with Crippen molar-refractivity contribution in [1.29, 1.82) is 0 Å². The van der Waals surface area contributed by atoms with Crippen LogP contribution in [0.4, 0.5) is 0 Å². The van der Waals surface area contributed by atoms with Crippen molar-refractivity contribution in [2.24, 2.45) is 11.0 Å². The lowest BCUT2D eigenvalue weighted by Gasteiger charge is -2.43. The van der Waals surface area contributed by atoms with Gasteiger partial charge in [0.05, 0.1) is 16.1 Å². The average Bonchev–Trinajstić information content (AvgIpc) is 2.62. The lowest BCUT2D eigenvalue weighted by atomic mass is 9.91. The molecular weight excluding hydrogens is 429 g/mol. The molecule has 0 aliphatic carbocycles. The third kappa shape index (κ3) is 5.93. The molecule has 2 unspecified atom stereocenters. The monoisotopic (exact) mass is 447 g/mol. The number of hydrogen-bond donors (Lipinski definition) is 0. The molecule has 11 heteroatoms. The molecule has 0 radical (unpaired) electrons. The number of benzene rings is 1. The first-order chi connectivity index (χ1) is 13.2. The summed E-state index contributed by atoms with van der Waals surface area (Å²) in [5, 5.41) is 4.65. The van der Waals surface area contributed by atoms with Crippen molar-refractivity contribution < 1.29 is 23.8 Å². The van der Waals surface area contributed by atoms with E-state index in [2.05, 4.69) is 10.0 Å². The predicted molar refractivity (Wildman–Crippen MR) is 105 cm³/mol. The Hall–Kier alpha value is -1.64. The maximum absolute atomic E-state index is 11.5. The summed E-state index contributed by atoms with van der Waals surface area (Å²) < 4.78 is 16.5. The minimum Gasteiger partial charge on any atom is -0.463 e. The SMILES string of the molecule is CC(=O)OCC1O[C@H](Sc2ccc(Cl)c(Cl)c2)C(C)[C@@H](N=[N+]=[N-])[C@H]1OC(C)=O. The quantitative estimate of drug-likeness (QED) is 0.272. The molecule has 1 heterocycles. The van der Waals surface area contributed by atoms with Gasteiger partial charge >= 0.3 is 11.9 Å². The van der Waals surface area contributed by atoms with Crippen LogP contribution in [0.25, 0.3) is 10.4 Å². The highest BCUT2D eigenvalue weighted by atomic mass is 35.5. The van der Waals surface area contributed by atoms with E-state index < -0.39 is 35.6 Å². The zero-order chi connectivity index (χ0) is 20.8. The average molecular weight is 448 g/mol. The van der Waals surface area contributed by atoms with Gasteiger partial charge in [-0.25, -0.2) is 0 Å². The topological polar surface area (TPSA) is 111 Å². The minimum atomic E-state index is -0.881. The molecule has 1 aliphatic rings. The van der Waals surface area contributed by atoms with Gasteiger partial charge in [-0.3, -0.25) is 9.59 Å². The highest BCUT2D eigenvalue weighted by Crippen LogP contribution is 2.40. The van der Waals surface area contributed by atoms with Crippen molar-refractivity contribution in [3.63, 3.8) is 0 Å². The van der Waals surface area contributed by atoms with E-state index >= 15 is 0 Å². The molecule has 152 valence electrons. The zero-order valence-corrected chi connectivity index (χ0v) is 17.7. The second kappa shape index (κ2) is 10.2. The van der Waals surface area contributed by atoms with Gasteiger partial charge < -0.3 is 14.2 Å². The van der Waals surface area contributed by atoms with Gasteiger partial charge in [0.2, 0.25) is 0 Å². The van der Waals surface area contributed by atoms with Crippen LogP contribution in [0.15, 0.2) is 28.2 Å². The van der Waals surface area contributed by atoms with Crippen LogP contribution in [-0.2, 0) is 23.8 Å². The van der Waals surface area contributed by atoms with E-state index in [4.69, 9.17) is 42.9 Å². The molecular formula is C17H19Cl2N3O5S. The fourth-order valence-corrected chi connectivity index (χ4v) is 4.31. The fraction of sp³-hybridized carbons (Fsp3) is 0.529. The number of carbonyl (C=O) groups excluding carboxylic acids is 2. The Morgan fingerprint density at radius 1 is 1.29 bits per heavy atom. The Bertz CT molecular complexity index is 790. The van der Waals surface area contributed by atoms with Crippen molar-refractivity contribution >= 4 is 46.9 Å². The number of hydrogen-bond acceptors (Lipinski definition) is 7. The molecule has 28 heavy (non-hydrogen) atoms. The van der Waals surface area contributed by atoms with Gasteiger partial charge in [-0.2, -0.15) is 0 Å². The summed E-state index contributed by atoms with van der Waals surface area (Å²) in [6.45, 7) is 4.19. The molecule has 0 aromatic heterocycles. The molecule has 0 bridgehead atoms. The Balaban J connectivity index is 2.30. The lowest BCUT2D eigenvalue weighted by molar-refractivity contribution is -0.182. The molecule has 2 rings (SSSR count). The summed E-state index contributed by atoms with van der Waals surface area (Å²) >= 11 is 13.4. The maximum atomic E-state index is 11.5. The normalized spacial score (nSPS) is 26.8. The minimum absolute atomic E-state index is 0.143. The molecule has 1 aliphatic heterocycles. The van der Waals surface area contributed by atoms with Crippen molar-refractivity contribution in [2.45, 2.75) is 49.4 Å². The molecule has 0 amide bonds. The van der Waals surface area contributed by atoms with Crippen LogP contribution in [-0.4, -0.2) is 42.2 Å². The molecule has 5 atom stereocenters. The fourth-order valence-electron chi connectivity index (χ4n) is 2.77. The van der Waals surface area contributed by atoms with Crippen LogP contribution in [0.2, 0.25) is 10.0 Å². The number of rotatable bonds is 6. The van der Waals surface area contributed by atoms with Gasteiger partial charge in [-0.1, -0.05) is 47.0 Å². The summed E-state index contributed by atoms with van der Waals surface area (Å²) in [6.07, 6.45) is -1.67. The highest BCUT2D eigenvalue weighted by Gasteiger charge is 2.46. The first kappa shape index (κ1) is 22.6. The van der Waals surface area contributed by atoms with Crippen LogP contribution in [0, 0.1) is 5.92 Å². The third-order valence-electron chi connectivity index (χ3n) is 4.06. The Labute approximate surface area is 176 Å². The van der Waals surface area contributed by atoms with E-state index in [0.29, 0.717) is 10.0 Å². The summed E-state index contributed by atoms with van der Waals surface area (Å²) in [5.41, 5.74) is 8.52. The molecule has 0 spiro atoms. The van der Waals surface area contributed by atoms with Gasteiger partial charge in [-0.15, -0.1) is 0 Å². The van der Waals surface area contributed by atoms with Gasteiger partial charge in [-0.05, 0) is 23.7 Å². The van der Waals surface area contributed by atoms with Crippen molar-refractivity contribution in [3.8, 4) is 0 Å². The number of thioether (sulfide) groups is 1. The Morgan fingerprint density at radius 3 is 2.57 bits per heavy atom. The highest BCUT2D eigenvalue weighted by molar-refractivity contribution is 7.99. The summed E-state index contributed by atoms with van der Waals surface area (Å²) in [5.74, 6) is -1.37. The second-order valence-corrected chi connectivity index (χ2v) is 8.15. The van der Waals surface area contributed by atoms with Crippen LogP contribution < -0.4 is 0 Å². The molecule has 1 aromatic rings. The number of ether oxygens (including phenoxy) is 3. The van der Waals surface area contributed by atoms with E-state index in [1.54, 1.807) is 18.2 Å². The second-order valence-electron chi connectivity index (χ2n) is 6.17. The number of azide groups is 1. The van der Waals surface area contributed by atoms with Crippen LogP contribution in [0.3, 0.4) is 0 Å². The molecule has 8 nitrogen and oxygen atoms in total. The summed E-state index contributed by atoms with van der Waals surface area (Å²) in [7, 11) is 0. The number of carbonyl (C=O) groups is 2. The number of halogens is 2. The van der Waals surface area contributed by atoms with Gasteiger partial charge in [0, 0.05) is 29.6 Å². The van der Waals surface area contributed by atoms with Crippen molar-refractivity contribution in [1.82, 2.24) is 0 Å². The summed E-state index contributed by atoms with van der Waals surface area (Å²) in [4.78, 5) is 26.5. The first-order valence-corrected chi connectivity index (χ1v) is 9.98. The number of nitrogens with zero attached hydrogens (tertiary/aromatic N) is 3. The Kier molecular flexibility index (Phi) is 8.27. The van der Waals surface area contributed by atoms with Gasteiger partial charge in [0.25, 0.3) is 0 Å². The van der Waals surface area contributed by atoms with E-state index in [1.165, 1.54) is 25.6 Å². The molecule has 1 aromatic carbocycles. The first-order valence-electron chi connectivity index (χ1n) is 8.35. The zero-order valence-electron chi connectivity index (χ0n) is 15.4.